The standard InChI is InChI=1S/C18H20FN5/c1-12-10-14-16(20-11-13-6-2-3-7-15(13)19)22-18(23-17(14)21-12)24-8-4-5-9-24/h2-3,6-7,10H,4-5,8-9,11H2,1H3,(H2,20,21,22,23). The lowest BCUT2D eigenvalue weighted by atomic mass is 10.2. The predicted molar refractivity (Wildman–Crippen MR) is 93.8 cm³/mol. The quantitative estimate of drug-likeness (QED) is 0.769. The maximum Gasteiger partial charge on any atom is 0.229 e. The summed E-state index contributed by atoms with van der Waals surface area (Å²) in [6, 6.07) is 8.81. The molecule has 6 heteroatoms. The van der Waals surface area contributed by atoms with Crippen molar-refractivity contribution in [2.75, 3.05) is 23.3 Å². The van der Waals surface area contributed by atoms with Gasteiger partial charge in [-0.15, -0.1) is 0 Å². The van der Waals surface area contributed by atoms with E-state index in [-0.39, 0.29) is 5.82 Å². The van der Waals surface area contributed by atoms with Crippen LogP contribution in [0.2, 0.25) is 0 Å². The van der Waals surface area contributed by atoms with Crippen molar-refractivity contribution in [2.45, 2.75) is 26.3 Å². The topological polar surface area (TPSA) is 56.8 Å². The Morgan fingerprint density at radius 3 is 2.79 bits per heavy atom. The molecule has 0 atom stereocenters. The number of aromatic nitrogens is 3. The van der Waals surface area contributed by atoms with Crippen molar-refractivity contribution in [1.29, 1.82) is 0 Å². The molecular weight excluding hydrogens is 305 g/mol. The highest BCUT2D eigenvalue weighted by Crippen LogP contribution is 2.26. The maximum atomic E-state index is 13.8. The SMILES string of the molecule is Cc1cc2c(NCc3ccccc3F)nc(N3CCCC3)nc2[nH]1. The van der Waals surface area contributed by atoms with Gasteiger partial charge in [-0.2, -0.15) is 9.97 Å². The monoisotopic (exact) mass is 325 g/mol. The van der Waals surface area contributed by atoms with E-state index in [2.05, 4.69) is 20.2 Å². The van der Waals surface area contributed by atoms with Gasteiger partial charge in [0.1, 0.15) is 17.3 Å². The highest BCUT2D eigenvalue weighted by molar-refractivity contribution is 5.89. The third-order valence-electron chi connectivity index (χ3n) is 4.40. The lowest BCUT2D eigenvalue weighted by molar-refractivity contribution is 0.613. The van der Waals surface area contributed by atoms with Gasteiger partial charge in [-0.25, -0.2) is 4.39 Å². The fraction of sp³-hybridized carbons (Fsp3) is 0.333. The van der Waals surface area contributed by atoms with Crippen molar-refractivity contribution >= 4 is 22.8 Å². The van der Waals surface area contributed by atoms with Gasteiger partial charge < -0.3 is 15.2 Å². The highest BCUT2D eigenvalue weighted by atomic mass is 19.1. The van der Waals surface area contributed by atoms with Crippen LogP contribution in [0.1, 0.15) is 24.1 Å². The molecule has 1 fully saturated rings. The van der Waals surface area contributed by atoms with Gasteiger partial charge >= 0.3 is 0 Å². The van der Waals surface area contributed by atoms with Gasteiger partial charge in [-0.05, 0) is 31.9 Å². The molecule has 0 aliphatic carbocycles. The molecule has 1 aliphatic rings. The Morgan fingerprint density at radius 1 is 1.21 bits per heavy atom. The first-order valence-electron chi connectivity index (χ1n) is 8.30. The van der Waals surface area contributed by atoms with Crippen LogP contribution in [0.25, 0.3) is 11.0 Å². The fourth-order valence-electron chi connectivity index (χ4n) is 3.14. The average molecular weight is 325 g/mol. The number of nitrogens with one attached hydrogen (secondary N) is 2. The molecule has 24 heavy (non-hydrogen) atoms. The maximum absolute atomic E-state index is 13.8. The molecule has 1 saturated heterocycles. The number of aromatic amines is 1. The molecule has 4 rings (SSSR count). The molecule has 0 amide bonds. The lowest BCUT2D eigenvalue weighted by Crippen LogP contribution is -2.21. The zero-order valence-corrected chi connectivity index (χ0v) is 13.6. The minimum absolute atomic E-state index is 0.208. The molecule has 0 bridgehead atoms. The van der Waals surface area contributed by atoms with Crippen LogP contribution in [0, 0.1) is 12.7 Å². The van der Waals surface area contributed by atoms with Gasteiger partial charge in [0.05, 0.1) is 5.39 Å². The number of fused-ring (bicyclic) bond motifs is 1. The van der Waals surface area contributed by atoms with Crippen LogP contribution in [0.3, 0.4) is 0 Å². The van der Waals surface area contributed by atoms with Crippen LogP contribution in [0.5, 0.6) is 0 Å². The molecule has 0 saturated carbocycles. The van der Waals surface area contributed by atoms with Crippen LogP contribution >= 0.6 is 0 Å². The van der Waals surface area contributed by atoms with E-state index in [1.165, 1.54) is 18.9 Å². The Bertz CT molecular complexity index is 867. The number of rotatable bonds is 4. The molecule has 2 aromatic heterocycles. The largest absolute Gasteiger partial charge is 0.365 e. The second-order valence-electron chi connectivity index (χ2n) is 6.23. The van der Waals surface area contributed by atoms with Crippen molar-refractivity contribution < 1.29 is 4.39 Å². The van der Waals surface area contributed by atoms with Gasteiger partial charge in [0.2, 0.25) is 5.95 Å². The first-order valence-corrected chi connectivity index (χ1v) is 8.30. The molecule has 2 N–H and O–H groups in total. The second kappa shape index (κ2) is 6.11. The molecule has 3 heterocycles. The van der Waals surface area contributed by atoms with Gasteiger partial charge in [0, 0.05) is 30.9 Å². The highest BCUT2D eigenvalue weighted by Gasteiger charge is 2.18. The number of halogens is 1. The summed E-state index contributed by atoms with van der Waals surface area (Å²) in [6.07, 6.45) is 2.34. The number of H-pyrrole nitrogens is 1. The molecule has 0 radical (unpaired) electrons. The average Bonchev–Trinajstić information content (AvgIpc) is 3.22. The zero-order valence-electron chi connectivity index (χ0n) is 13.6. The van der Waals surface area contributed by atoms with Crippen LogP contribution in [0.4, 0.5) is 16.2 Å². The summed E-state index contributed by atoms with van der Waals surface area (Å²) in [5, 5.41) is 4.22. The molecule has 124 valence electrons. The van der Waals surface area contributed by atoms with Crippen LogP contribution in [0.15, 0.2) is 30.3 Å². The smallest absolute Gasteiger partial charge is 0.229 e. The van der Waals surface area contributed by atoms with Crippen molar-refractivity contribution in [3.8, 4) is 0 Å². The molecule has 0 spiro atoms. The van der Waals surface area contributed by atoms with Gasteiger partial charge in [0.15, 0.2) is 0 Å². The summed E-state index contributed by atoms with van der Waals surface area (Å²) in [5.74, 6) is 1.27. The number of anilines is 2. The molecule has 1 aromatic carbocycles. The Morgan fingerprint density at radius 2 is 2.00 bits per heavy atom. The molecule has 3 aromatic rings. The van der Waals surface area contributed by atoms with Crippen LogP contribution in [-0.4, -0.2) is 28.0 Å². The van der Waals surface area contributed by atoms with E-state index >= 15 is 0 Å². The first-order chi connectivity index (χ1) is 11.7. The van der Waals surface area contributed by atoms with E-state index in [9.17, 15) is 4.39 Å². The van der Waals surface area contributed by atoms with Crippen LogP contribution < -0.4 is 10.2 Å². The van der Waals surface area contributed by atoms with E-state index < -0.39 is 0 Å². The number of benzene rings is 1. The van der Waals surface area contributed by atoms with Gasteiger partial charge in [-0.1, -0.05) is 18.2 Å². The van der Waals surface area contributed by atoms with Gasteiger partial charge in [0.25, 0.3) is 0 Å². The Balaban J connectivity index is 1.68. The van der Waals surface area contributed by atoms with Crippen molar-refractivity contribution in [3.63, 3.8) is 0 Å². The van der Waals surface area contributed by atoms with E-state index in [0.29, 0.717) is 12.1 Å². The summed E-state index contributed by atoms with van der Waals surface area (Å²) < 4.78 is 13.8. The van der Waals surface area contributed by atoms with Crippen molar-refractivity contribution in [3.05, 3.63) is 47.4 Å². The van der Waals surface area contributed by atoms with Crippen molar-refractivity contribution in [2.24, 2.45) is 0 Å². The number of hydrogen-bond acceptors (Lipinski definition) is 4. The van der Waals surface area contributed by atoms with E-state index in [0.717, 1.165) is 41.6 Å². The fourth-order valence-corrected chi connectivity index (χ4v) is 3.14. The Labute approximate surface area is 139 Å². The van der Waals surface area contributed by atoms with Crippen LogP contribution in [-0.2, 0) is 6.54 Å². The molecule has 1 aliphatic heterocycles. The normalized spacial score (nSPS) is 14.5. The minimum atomic E-state index is -0.208. The molecule has 0 unspecified atom stereocenters. The van der Waals surface area contributed by atoms with Gasteiger partial charge in [-0.3, -0.25) is 0 Å². The zero-order chi connectivity index (χ0) is 16.5. The summed E-state index contributed by atoms with van der Waals surface area (Å²) in [4.78, 5) is 14.8. The van der Waals surface area contributed by atoms with Crippen molar-refractivity contribution in [1.82, 2.24) is 15.0 Å². The van der Waals surface area contributed by atoms with E-state index in [1.807, 2.05) is 19.1 Å². The number of aryl methyl sites for hydroxylation is 1. The van der Waals surface area contributed by atoms with E-state index in [1.54, 1.807) is 12.1 Å². The third-order valence-corrected chi connectivity index (χ3v) is 4.40. The minimum Gasteiger partial charge on any atom is -0.365 e. The summed E-state index contributed by atoms with van der Waals surface area (Å²) in [7, 11) is 0. The first kappa shape index (κ1) is 14.9. The Kier molecular flexibility index (Phi) is 3.80. The summed E-state index contributed by atoms with van der Waals surface area (Å²) in [5.41, 5.74) is 2.48. The third kappa shape index (κ3) is 2.79. The summed E-state index contributed by atoms with van der Waals surface area (Å²) >= 11 is 0. The lowest BCUT2D eigenvalue weighted by Gasteiger charge is -2.16. The number of nitrogens with zero attached hydrogens (tertiary/aromatic N) is 3. The molecular formula is C18H20FN5. The predicted octanol–water partition coefficient (Wildman–Crippen LogP) is 3.62. The molecule has 5 nitrogen and oxygen atoms in total. The summed E-state index contributed by atoms with van der Waals surface area (Å²) in [6.45, 7) is 4.36. The van der Waals surface area contributed by atoms with E-state index in [4.69, 9.17) is 4.98 Å². The number of hydrogen-bond donors (Lipinski definition) is 2. The second-order valence-corrected chi connectivity index (χ2v) is 6.23. The Hall–Kier alpha value is -2.63.